The molecule has 0 spiro atoms. The lowest BCUT2D eigenvalue weighted by Crippen LogP contribution is -2.23. The van der Waals surface area contributed by atoms with E-state index in [0.29, 0.717) is 0 Å². The molecule has 0 radical (unpaired) electrons. The van der Waals surface area contributed by atoms with Crippen LogP contribution in [0.15, 0.2) is 29.2 Å². The zero-order valence-corrected chi connectivity index (χ0v) is 9.44. The quantitative estimate of drug-likeness (QED) is 0.894. The van der Waals surface area contributed by atoms with Crippen molar-refractivity contribution < 1.29 is 17.4 Å². The number of alkyl halides is 3. The summed E-state index contributed by atoms with van der Waals surface area (Å²) in [5.41, 5.74) is 4.65. The van der Waals surface area contributed by atoms with E-state index in [-0.39, 0.29) is 16.7 Å². The van der Waals surface area contributed by atoms with Crippen LogP contribution in [0.5, 0.6) is 0 Å². The van der Waals surface area contributed by atoms with Gasteiger partial charge in [-0.2, -0.15) is 13.2 Å². The highest BCUT2D eigenvalue weighted by molar-refractivity contribution is 7.85. The highest BCUT2D eigenvalue weighted by Crippen LogP contribution is 2.30. The van der Waals surface area contributed by atoms with Crippen LogP contribution in [0.3, 0.4) is 0 Å². The normalized spacial score (nSPS) is 15.8. The van der Waals surface area contributed by atoms with E-state index < -0.39 is 22.5 Å². The molecule has 2 nitrogen and oxygen atoms in total. The van der Waals surface area contributed by atoms with Gasteiger partial charge >= 0.3 is 6.18 Å². The topological polar surface area (TPSA) is 43.1 Å². The van der Waals surface area contributed by atoms with Crippen LogP contribution in [0.25, 0.3) is 0 Å². The Hall–Kier alpha value is -0.880. The highest BCUT2D eigenvalue weighted by Gasteiger charge is 2.30. The zero-order chi connectivity index (χ0) is 12.3. The summed E-state index contributed by atoms with van der Waals surface area (Å²) in [6.45, 7) is 1.66. The molecule has 0 heterocycles. The van der Waals surface area contributed by atoms with Gasteiger partial charge in [-0.3, -0.25) is 4.21 Å². The second-order valence-electron chi connectivity index (χ2n) is 3.52. The molecular formula is C10H12F3NOS. The van der Waals surface area contributed by atoms with Crippen molar-refractivity contribution >= 4 is 10.8 Å². The lowest BCUT2D eigenvalue weighted by atomic mass is 10.2. The fourth-order valence-corrected chi connectivity index (χ4v) is 2.31. The van der Waals surface area contributed by atoms with Crippen molar-refractivity contribution in [2.75, 3.05) is 5.75 Å². The van der Waals surface area contributed by atoms with Gasteiger partial charge in [0, 0.05) is 16.7 Å². The van der Waals surface area contributed by atoms with Crippen LogP contribution in [-0.2, 0) is 17.0 Å². The zero-order valence-electron chi connectivity index (χ0n) is 8.62. The minimum atomic E-state index is -4.41. The van der Waals surface area contributed by atoms with E-state index >= 15 is 0 Å². The molecular weight excluding hydrogens is 239 g/mol. The minimum absolute atomic E-state index is 0.154. The number of halogens is 3. The number of nitrogens with two attached hydrogens (primary N) is 1. The first-order valence-corrected chi connectivity index (χ1v) is 5.94. The molecule has 1 rings (SSSR count). The summed E-state index contributed by atoms with van der Waals surface area (Å²) in [5.74, 6) is 0.154. The lowest BCUT2D eigenvalue weighted by Gasteiger charge is -2.09. The largest absolute Gasteiger partial charge is 0.416 e. The molecule has 0 saturated heterocycles. The molecule has 0 aromatic heterocycles. The molecule has 0 saturated carbocycles. The second-order valence-corrected chi connectivity index (χ2v) is 5.01. The maximum atomic E-state index is 12.4. The van der Waals surface area contributed by atoms with Gasteiger partial charge in [0.2, 0.25) is 0 Å². The average Bonchev–Trinajstić information content (AvgIpc) is 2.15. The molecule has 6 heteroatoms. The number of benzene rings is 1. The molecule has 0 bridgehead atoms. The summed E-state index contributed by atoms with van der Waals surface area (Å²) in [5, 5.41) is 0. The van der Waals surface area contributed by atoms with Gasteiger partial charge in [-0.25, -0.2) is 0 Å². The van der Waals surface area contributed by atoms with Crippen LogP contribution >= 0.6 is 0 Å². The summed E-state index contributed by atoms with van der Waals surface area (Å²) < 4.78 is 48.7. The molecule has 0 aliphatic heterocycles. The molecule has 0 fully saturated rings. The van der Waals surface area contributed by atoms with E-state index in [4.69, 9.17) is 5.73 Å². The highest BCUT2D eigenvalue weighted by atomic mass is 32.2. The summed E-state index contributed by atoms with van der Waals surface area (Å²) in [6.07, 6.45) is -4.41. The Morgan fingerprint density at radius 2 is 2.06 bits per heavy atom. The predicted octanol–water partition coefficient (Wildman–Crippen LogP) is 2.16. The molecule has 0 aliphatic rings. The van der Waals surface area contributed by atoms with Crippen molar-refractivity contribution in [3.8, 4) is 0 Å². The molecule has 1 aromatic carbocycles. The predicted molar refractivity (Wildman–Crippen MR) is 56.4 cm³/mol. The number of hydrogen-bond donors (Lipinski definition) is 1. The Morgan fingerprint density at radius 3 is 2.56 bits per heavy atom. The molecule has 0 aliphatic carbocycles. The monoisotopic (exact) mass is 251 g/mol. The van der Waals surface area contributed by atoms with Crippen molar-refractivity contribution in [2.45, 2.75) is 24.0 Å². The summed E-state index contributed by atoms with van der Waals surface area (Å²) >= 11 is 0. The summed E-state index contributed by atoms with van der Waals surface area (Å²) in [6, 6.07) is 4.20. The molecule has 2 N–H and O–H groups in total. The van der Waals surface area contributed by atoms with Crippen molar-refractivity contribution in [3.05, 3.63) is 29.8 Å². The van der Waals surface area contributed by atoms with Gasteiger partial charge < -0.3 is 5.73 Å². The standard InChI is InChI=1S/C10H12F3NOS/c1-7(14)6-16(15)9-4-2-3-8(5-9)10(11,12)13/h2-5,7H,6,14H2,1H3. The number of hydrogen-bond acceptors (Lipinski definition) is 2. The van der Waals surface area contributed by atoms with Crippen LogP contribution in [-0.4, -0.2) is 16.0 Å². The van der Waals surface area contributed by atoms with E-state index in [2.05, 4.69) is 0 Å². The Labute approximate surface area is 94.1 Å². The summed E-state index contributed by atoms with van der Waals surface area (Å²) in [4.78, 5) is 0.159. The van der Waals surface area contributed by atoms with Gasteiger partial charge in [-0.1, -0.05) is 6.07 Å². The molecule has 16 heavy (non-hydrogen) atoms. The van der Waals surface area contributed by atoms with E-state index in [1.807, 2.05) is 0 Å². The van der Waals surface area contributed by atoms with Gasteiger partial charge in [-0.05, 0) is 25.1 Å². The molecule has 90 valence electrons. The van der Waals surface area contributed by atoms with Crippen LogP contribution in [0.4, 0.5) is 13.2 Å². The molecule has 1 aromatic rings. The first-order valence-electron chi connectivity index (χ1n) is 4.62. The third-order valence-electron chi connectivity index (χ3n) is 1.84. The van der Waals surface area contributed by atoms with E-state index in [1.165, 1.54) is 12.1 Å². The fourth-order valence-electron chi connectivity index (χ4n) is 1.15. The Bertz CT molecular complexity index is 390. The van der Waals surface area contributed by atoms with Crippen LogP contribution in [0.1, 0.15) is 12.5 Å². The van der Waals surface area contributed by atoms with E-state index in [9.17, 15) is 17.4 Å². The minimum Gasteiger partial charge on any atom is -0.327 e. The van der Waals surface area contributed by atoms with Gasteiger partial charge in [-0.15, -0.1) is 0 Å². The SMILES string of the molecule is CC(N)CS(=O)c1cccc(C(F)(F)F)c1. The maximum Gasteiger partial charge on any atom is 0.416 e. The molecule has 2 atom stereocenters. The van der Waals surface area contributed by atoms with Crippen molar-refractivity contribution in [1.29, 1.82) is 0 Å². The van der Waals surface area contributed by atoms with Crippen molar-refractivity contribution in [3.63, 3.8) is 0 Å². The summed E-state index contributed by atoms with van der Waals surface area (Å²) in [7, 11) is -1.48. The van der Waals surface area contributed by atoms with Crippen LogP contribution in [0.2, 0.25) is 0 Å². The van der Waals surface area contributed by atoms with Crippen LogP contribution in [0, 0.1) is 0 Å². The Balaban J connectivity index is 2.95. The maximum absolute atomic E-state index is 12.4. The van der Waals surface area contributed by atoms with E-state index in [1.54, 1.807) is 6.92 Å². The first-order chi connectivity index (χ1) is 7.30. The smallest absolute Gasteiger partial charge is 0.327 e. The van der Waals surface area contributed by atoms with Gasteiger partial charge in [0.25, 0.3) is 0 Å². The molecule has 2 unspecified atom stereocenters. The average molecular weight is 251 g/mol. The number of rotatable bonds is 3. The Kier molecular flexibility index (Phi) is 4.09. The lowest BCUT2D eigenvalue weighted by molar-refractivity contribution is -0.137. The Morgan fingerprint density at radius 1 is 1.44 bits per heavy atom. The fraction of sp³-hybridized carbons (Fsp3) is 0.400. The van der Waals surface area contributed by atoms with E-state index in [0.717, 1.165) is 12.1 Å². The third-order valence-corrected chi connectivity index (χ3v) is 3.45. The second kappa shape index (κ2) is 4.97. The van der Waals surface area contributed by atoms with Crippen molar-refractivity contribution in [1.82, 2.24) is 0 Å². The molecule has 0 amide bonds. The van der Waals surface area contributed by atoms with Crippen molar-refractivity contribution in [2.24, 2.45) is 5.73 Å². The van der Waals surface area contributed by atoms with Gasteiger partial charge in [0.1, 0.15) is 0 Å². The third kappa shape index (κ3) is 3.61. The van der Waals surface area contributed by atoms with Crippen LogP contribution < -0.4 is 5.73 Å². The first kappa shape index (κ1) is 13.2. The van der Waals surface area contributed by atoms with Gasteiger partial charge in [0.15, 0.2) is 0 Å². The van der Waals surface area contributed by atoms with Gasteiger partial charge in [0.05, 0.1) is 16.4 Å².